The van der Waals surface area contributed by atoms with Gasteiger partial charge >= 0.3 is 0 Å². The second kappa shape index (κ2) is 5.40. The van der Waals surface area contributed by atoms with E-state index >= 15 is 0 Å². The predicted molar refractivity (Wildman–Crippen MR) is 74.0 cm³/mol. The molecule has 1 saturated carbocycles. The largest absolute Gasteiger partial charge is 0.310 e. The number of halogens is 1. The fourth-order valence-electron chi connectivity index (χ4n) is 2.96. The Morgan fingerprint density at radius 3 is 2.89 bits per heavy atom. The lowest BCUT2D eigenvalue weighted by Crippen LogP contribution is -2.37. The molecular formula is C16H24FN. The van der Waals surface area contributed by atoms with Gasteiger partial charge in [-0.3, -0.25) is 0 Å². The van der Waals surface area contributed by atoms with Crippen LogP contribution in [0.25, 0.3) is 0 Å². The summed E-state index contributed by atoms with van der Waals surface area (Å²) in [4.78, 5) is 0. The molecule has 2 rings (SSSR count). The maximum Gasteiger partial charge on any atom is 0.123 e. The van der Waals surface area contributed by atoms with Gasteiger partial charge in [-0.15, -0.1) is 0 Å². The summed E-state index contributed by atoms with van der Waals surface area (Å²) in [5.41, 5.74) is 2.70. The van der Waals surface area contributed by atoms with Crippen LogP contribution in [0.3, 0.4) is 0 Å². The van der Waals surface area contributed by atoms with E-state index in [2.05, 4.69) is 19.2 Å². The van der Waals surface area contributed by atoms with Gasteiger partial charge in [-0.05, 0) is 54.9 Å². The first-order valence-electron chi connectivity index (χ1n) is 6.95. The number of nitrogens with one attached hydrogen (secondary N) is 1. The molecular weight excluding hydrogens is 225 g/mol. The lowest BCUT2D eigenvalue weighted by molar-refractivity contribution is 0.197. The van der Waals surface area contributed by atoms with Crippen LogP contribution in [0.15, 0.2) is 18.2 Å². The quantitative estimate of drug-likeness (QED) is 0.847. The van der Waals surface area contributed by atoms with Gasteiger partial charge in [-0.25, -0.2) is 4.39 Å². The highest BCUT2D eigenvalue weighted by molar-refractivity contribution is 5.26. The van der Waals surface area contributed by atoms with E-state index in [1.54, 1.807) is 6.07 Å². The third kappa shape index (κ3) is 3.55. The van der Waals surface area contributed by atoms with E-state index in [-0.39, 0.29) is 5.82 Å². The van der Waals surface area contributed by atoms with E-state index in [1.165, 1.54) is 37.3 Å². The Kier molecular flexibility index (Phi) is 4.06. The average Bonchev–Trinajstić information content (AvgIpc) is 2.29. The van der Waals surface area contributed by atoms with Crippen molar-refractivity contribution in [3.05, 3.63) is 35.1 Å². The van der Waals surface area contributed by atoms with Gasteiger partial charge in [0.05, 0.1) is 0 Å². The van der Waals surface area contributed by atoms with Crippen molar-refractivity contribution < 1.29 is 4.39 Å². The summed E-state index contributed by atoms with van der Waals surface area (Å²) in [5.74, 6) is -0.138. The summed E-state index contributed by atoms with van der Waals surface area (Å²) in [5, 5.41) is 3.59. The van der Waals surface area contributed by atoms with Crippen molar-refractivity contribution in [2.24, 2.45) is 5.41 Å². The molecule has 2 heteroatoms. The van der Waals surface area contributed by atoms with Crippen LogP contribution >= 0.6 is 0 Å². The predicted octanol–water partition coefficient (Wildman–Crippen LogP) is 4.19. The first-order valence-corrected chi connectivity index (χ1v) is 6.95. The molecule has 1 N–H and O–H groups in total. The van der Waals surface area contributed by atoms with Crippen molar-refractivity contribution >= 4 is 0 Å². The summed E-state index contributed by atoms with van der Waals surface area (Å²) >= 11 is 0. The fraction of sp³-hybridized carbons (Fsp3) is 0.625. The molecule has 0 radical (unpaired) electrons. The van der Waals surface area contributed by atoms with Gasteiger partial charge in [-0.1, -0.05) is 26.3 Å². The number of hydrogen-bond donors (Lipinski definition) is 1. The molecule has 18 heavy (non-hydrogen) atoms. The monoisotopic (exact) mass is 249 g/mol. The first-order chi connectivity index (χ1) is 8.46. The Morgan fingerprint density at radius 1 is 1.39 bits per heavy atom. The molecule has 100 valence electrons. The van der Waals surface area contributed by atoms with Gasteiger partial charge in [0, 0.05) is 12.6 Å². The summed E-state index contributed by atoms with van der Waals surface area (Å²) < 4.78 is 13.2. The van der Waals surface area contributed by atoms with E-state index in [4.69, 9.17) is 0 Å². The van der Waals surface area contributed by atoms with E-state index in [9.17, 15) is 4.39 Å². The number of benzene rings is 1. The topological polar surface area (TPSA) is 12.0 Å². The van der Waals surface area contributed by atoms with Crippen LogP contribution in [0.4, 0.5) is 4.39 Å². The van der Waals surface area contributed by atoms with Gasteiger partial charge < -0.3 is 5.32 Å². The number of hydrogen-bond acceptors (Lipinski definition) is 1. The van der Waals surface area contributed by atoms with Crippen molar-refractivity contribution in [3.8, 4) is 0 Å². The van der Waals surface area contributed by atoms with Crippen molar-refractivity contribution in [1.29, 1.82) is 0 Å². The van der Waals surface area contributed by atoms with E-state index in [1.807, 2.05) is 13.0 Å². The van der Waals surface area contributed by atoms with Gasteiger partial charge in [0.1, 0.15) is 5.82 Å². The number of rotatable bonds is 3. The molecule has 1 aromatic rings. The minimum Gasteiger partial charge on any atom is -0.310 e. The summed E-state index contributed by atoms with van der Waals surface area (Å²) in [6.45, 7) is 7.51. The van der Waals surface area contributed by atoms with Crippen molar-refractivity contribution in [2.75, 3.05) is 0 Å². The van der Waals surface area contributed by atoms with E-state index < -0.39 is 0 Å². The van der Waals surface area contributed by atoms with Gasteiger partial charge in [0.25, 0.3) is 0 Å². The highest BCUT2D eigenvalue weighted by atomic mass is 19.1. The molecule has 1 aliphatic carbocycles. The van der Waals surface area contributed by atoms with E-state index in [0.717, 1.165) is 12.1 Å². The average molecular weight is 249 g/mol. The first kappa shape index (κ1) is 13.5. The maximum absolute atomic E-state index is 13.2. The second-order valence-corrected chi connectivity index (χ2v) is 6.41. The molecule has 0 heterocycles. The van der Waals surface area contributed by atoms with Crippen LogP contribution in [0.2, 0.25) is 0 Å². The Balaban J connectivity index is 1.93. The lowest BCUT2D eigenvalue weighted by Gasteiger charge is -2.35. The standard InChI is InChI=1S/C16H24FN/c1-12-6-7-14(17)9-13(12)11-18-15-5-4-8-16(2,3)10-15/h6-7,9,15,18H,4-5,8,10-11H2,1-3H3. The lowest BCUT2D eigenvalue weighted by atomic mass is 9.75. The molecule has 0 amide bonds. The van der Waals surface area contributed by atoms with Crippen molar-refractivity contribution in [3.63, 3.8) is 0 Å². The summed E-state index contributed by atoms with van der Waals surface area (Å²) in [6.07, 6.45) is 5.09. The Bertz CT molecular complexity index is 412. The smallest absolute Gasteiger partial charge is 0.123 e. The highest BCUT2D eigenvalue weighted by Gasteiger charge is 2.27. The van der Waals surface area contributed by atoms with Crippen LogP contribution in [0.5, 0.6) is 0 Å². The minimum absolute atomic E-state index is 0.138. The molecule has 0 spiro atoms. The van der Waals surface area contributed by atoms with Crippen LogP contribution in [0, 0.1) is 18.2 Å². The zero-order chi connectivity index (χ0) is 13.2. The molecule has 1 aromatic carbocycles. The molecule has 0 aromatic heterocycles. The minimum atomic E-state index is -0.138. The molecule has 1 nitrogen and oxygen atoms in total. The van der Waals surface area contributed by atoms with E-state index in [0.29, 0.717) is 11.5 Å². The molecule has 1 aliphatic rings. The third-order valence-electron chi connectivity index (χ3n) is 4.10. The van der Waals surface area contributed by atoms with Gasteiger partial charge in [0.15, 0.2) is 0 Å². The van der Waals surface area contributed by atoms with Crippen molar-refractivity contribution in [1.82, 2.24) is 5.32 Å². The zero-order valence-electron chi connectivity index (χ0n) is 11.7. The van der Waals surface area contributed by atoms with Crippen LogP contribution in [-0.2, 0) is 6.54 Å². The maximum atomic E-state index is 13.2. The molecule has 0 aliphatic heterocycles. The Hall–Kier alpha value is -0.890. The van der Waals surface area contributed by atoms with Crippen molar-refractivity contribution in [2.45, 2.75) is 59.0 Å². The molecule has 1 fully saturated rings. The summed E-state index contributed by atoms with van der Waals surface area (Å²) in [6, 6.07) is 5.62. The van der Waals surface area contributed by atoms with Crippen LogP contribution in [0.1, 0.15) is 50.7 Å². The Labute approximate surface area is 110 Å². The molecule has 0 bridgehead atoms. The molecule has 1 unspecified atom stereocenters. The molecule has 0 saturated heterocycles. The normalized spacial score (nSPS) is 23.0. The summed E-state index contributed by atoms with van der Waals surface area (Å²) in [7, 11) is 0. The molecule has 1 atom stereocenters. The highest BCUT2D eigenvalue weighted by Crippen LogP contribution is 2.35. The van der Waals surface area contributed by atoms with Crippen LogP contribution in [-0.4, -0.2) is 6.04 Å². The Morgan fingerprint density at radius 2 is 2.17 bits per heavy atom. The zero-order valence-corrected chi connectivity index (χ0v) is 11.7. The van der Waals surface area contributed by atoms with Gasteiger partial charge in [-0.2, -0.15) is 0 Å². The third-order valence-corrected chi connectivity index (χ3v) is 4.10. The number of aryl methyl sites for hydroxylation is 1. The van der Waals surface area contributed by atoms with Gasteiger partial charge in [0.2, 0.25) is 0 Å². The van der Waals surface area contributed by atoms with Crippen LogP contribution < -0.4 is 5.32 Å². The second-order valence-electron chi connectivity index (χ2n) is 6.41. The SMILES string of the molecule is Cc1ccc(F)cc1CNC1CCCC(C)(C)C1. The fourth-order valence-corrected chi connectivity index (χ4v) is 2.96.